The Morgan fingerprint density at radius 2 is 2.00 bits per heavy atom. The zero-order valence-electron chi connectivity index (χ0n) is 11.0. The number of hydrogen-bond acceptors (Lipinski definition) is 1. The molecule has 96 valence electrons. The minimum atomic E-state index is -0.140. The maximum absolute atomic E-state index is 13.5. The van der Waals surface area contributed by atoms with Gasteiger partial charge in [-0.2, -0.15) is 0 Å². The van der Waals surface area contributed by atoms with E-state index in [9.17, 15) is 4.39 Å². The molecule has 0 aromatic heterocycles. The van der Waals surface area contributed by atoms with E-state index in [4.69, 9.17) is 0 Å². The molecule has 0 fully saturated rings. The lowest BCUT2D eigenvalue weighted by Crippen LogP contribution is -2.35. The number of nitrogens with zero attached hydrogens (tertiary/aromatic N) is 1. The molecule has 0 saturated carbocycles. The lowest BCUT2D eigenvalue weighted by Gasteiger charge is -2.39. The lowest BCUT2D eigenvalue weighted by atomic mass is 9.77. The summed E-state index contributed by atoms with van der Waals surface area (Å²) in [6, 6.07) is 12.1. The van der Waals surface area contributed by atoms with Gasteiger partial charge in [0.2, 0.25) is 0 Å². The van der Waals surface area contributed by atoms with Crippen LogP contribution in [-0.2, 0) is 12.8 Å². The number of likely N-dealkylation sites (N-methyl/N-ethyl adjacent to an activating group) is 1. The molecule has 2 aromatic carbocycles. The molecule has 0 radical (unpaired) electrons. The van der Waals surface area contributed by atoms with Crippen LogP contribution in [0.5, 0.6) is 0 Å². The van der Waals surface area contributed by atoms with Gasteiger partial charge in [0.1, 0.15) is 5.82 Å². The fraction of sp³-hybridized carbons (Fsp3) is 0.294. The summed E-state index contributed by atoms with van der Waals surface area (Å²) in [6.07, 6.45) is 2.09. The molecule has 1 aliphatic heterocycles. The SMILES string of the molecule is CN1CCc2cccc3c2[C@@H]1Cc1ccc(F)cc1-3. The van der Waals surface area contributed by atoms with Gasteiger partial charge in [-0.3, -0.25) is 4.90 Å². The van der Waals surface area contributed by atoms with Crippen LogP contribution in [0.1, 0.15) is 22.7 Å². The third-order valence-corrected chi connectivity index (χ3v) is 4.57. The second-order valence-electron chi connectivity index (χ2n) is 5.63. The predicted octanol–water partition coefficient (Wildman–Crippen LogP) is 3.58. The van der Waals surface area contributed by atoms with Gasteiger partial charge in [0, 0.05) is 12.6 Å². The second-order valence-corrected chi connectivity index (χ2v) is 5.63. The fourth-order valence-corrected chi connectivity index (χ4v) is 3.58. The van der Waals surface area contributed by atoms with Crippen LogP contribution in [0.25, 0.3) is 11.1 Å². The van der Waals surface area contributed by atoms with E-state index in [1.54, 1.807) is 12.1 Å². The monoisotopic (exact) mass is 253 g/mol. The summed E-state index contributed by atoms with van der Waals surface area (Å²) in [4.78, 5) is 2.43. The van der Waals surface area contributed by atoms with Gasteiger partial charge in [0.25, 0.3) is 0 Å². The van der Waals surface area contributed by atoms with Crippen molar-refractivity contribution >= 4 is 0 Å². The standard InChI is InChI=1S/C17H16FN/c1-19-8-7-11-3-2-4-14-15-10-13(18)6-5-12(15)9-16(19)17(11)14/h2-6,10,16H,7-9H2,1H3/t16-/m0/s1. The molecule has 0 bridgehead atoms. The van der Waals surface area contributed by atoms with Gasteiger partial charge < -0.3 is 0 Å². The molecule has 2 aliphatic rings. The molecular formula is C17H16FN. The Hall–Kier alpha value is -1.67. The number of benzene rings is 2. The van der Waals surface area contributed by atoms with Gasteiger partial charge in [0.15, 0.2) is 0 Å². The van der Waals surface area contributed by atoms with E-state index >= 15 is 0 Å². The normalized spacial score (nSPS) is 20.8. The number of fused-ring (bicyclic) bond motifs is 2. The van der Waals surface area contributed by atoms with E-state index in [1.165, 1.54) is 22.3 Å². The maximum Gasteiger partial charge on any atom is 0.123 e. The summed E-state index contributed by atoms with van der Waals surface area (Å²) in [5.41, 5.74) is 6.45. The van der Waals surface area contributed by atoms with Gasteiger partial charge in [-0.15, -0.1) is 0 Å². The number of hydrogen-bond donors (Lipinski definition) is 0. The molecule has 1 heterocycles. The van der Waals surface area contributed by atoms with Crippen LogP contribution >= 0.6 is 0 Å². The fourth-order valence-electron chi connectivity index (χ4n) is 3.58. The third kappa shape index (κ3) is 1.56. The summed E-state index contributed by atoms with van der Waals surface area (Å²) in [5.74, 6) is -0.140. The summed E-state index contributed by atoms with van der Waals surface area (Å²) in [5, 5.41) is 0. The van der Waals surface area contributed by atoms with Crippen LogP contribution in [0.2, 0.25) is 0 Å². The summed E-state index contributed by atoms with van der Waals surface area (Å²) in [6.45, 7) is 1.11. The molecule has 2 heteroatoms. The molecule has 2 aromatic rings. The highest BCUT2D eigenvalue weighted by Gasteiger charge is 2.32. The third-order valence-electron chi connectivity index (χ3n) is 4.57. The van der Waals surface area contributed by atoms with Gasteiger partial charge in [-0.1, -0.05) is 24.3 Å². The Bertz CT molecular complexity index is 662. The molecule has 19 heavy (non-hydrogen) atoms. The average Bonchev–Trinajstić information content (AvgIpc) is 2.43. The molecule has 0 unspecified atom stereocenters. The van der Waals surface area contributed by atoms with Crippen molar-refractivity contribution in [3.8, 4) is 11.1 Å². The van der Waals surface area contributed by atoms with E-state index in [0.717, 1.165) is 24.9 Å². The molecule has 1 nitrogen and oxygen atoms in total. The van der Waals surface area contributed by atoms with Crippen LogP contribution in [-0.4, -0.2) is 18.5 Å². The molecule has 1 atom stereocenters. The molecule has 0 spiro atoms. The van der Waals surface area contributed by atoms with Crippen molar-refractivity contribution in [1.82, 2.24) is 4.90 Å². The first kappa shape index (κ1) is 11.2. The highest BCUT2D eigenvalue weighted by molar-refractivity contribution is 5.75. The van der Waals surface area contributed by atoms with Crippen molar-refractivity contribution in [2.45, 2.75) is 18.9 Å². The van der Waals surface area contributed by atoms with Crippen LogP contribution in [0.15, 0.2) is 36.4 Å². The topological polar surface area (TPSA) is 3.24 Å². The first-order valence-electron chi connectivity index (χ1n) is 6.85. The Morgan fingerprint density at radius 3 is 2.89 bits per heavy atom. The zero-order chi connectivity index (χ0) is 13.0. The van der Waals surface area contributed by atoms with Crippen LogP contribution < -0.4 is 0 Å². The highest BCUT2D eigenvalue weighted by atomic mass is 19.1. The first-order valence-corrected chi connectivity index (χ1v) is 6.85. The Kier molecular flexibility index (Phi) is 2.30. The van der Waals surface area contributed by atoms with Crippen molar-refractivity contribution in [3.63, 3.8) is 0 Å². The van der Waals surface area contributed by atoms with Gasteiger partial charge in [-0.05, 0) is 59.8 Å². The van der Waals surface area contributed by atoms with Gasteiger partial charge in [-0.25, -0.2) is 4.39 Å². The van der Waals surface area contributed by atoms with E-state index in [-0.39, 0.29) is 5.82 Å². The smallest absolute Gasteiger partial charge is 0.123 e. The largest absolute Gasteiger partial charge is 0.299 e. The van der Waals surface area contributed by atoms with E-state index in [1.807, 2.05) is 6.07 Å². The van der Waals surface area contributed by atoms with Gasteiger partial charge in [0.05, 0.1) is 0 Å². The number of halogens is 1. The predicted molar refractivity (Wildman–Crippen MR) is 74.6 cm³/mol. The first-order chi connectivity index (χ1) is 9.24. The average molecular weight is 253 g/mol. The quantitative estimate of drug-likeness (QED) is 0.693. The zero-order valence-corrected chi connectivity index (χ0v) is 11.0. The second kappa shape index (κ2) is 3.91. The van der Waals surface area contributed by atoms with Crippen LogP contribution in [0.3, 0.4) is 0 Å². The summed E-state index contributed by atoms with van der Waals surface area (Å²) >= 11 is 0. The Morgan fingerprint density at radius 1 is 1.11 bits per heavy atom. The van der Waals surface area contributed by atoms with Crippen molar-refractivity contribution in [1.29, 1.82) is 0 Å². The van der Waals surface area contributed by atoms with Crippen molar-refractivity contribution in [2.75, 3.05) is 13.6 Å². The van der Waals surface area contributed by atoms with Gasteiger partial charge >= 0.3 is 0 Å². The minimum Gasteiger partial charge on any atom is -0.299 e. The molecular weight excluding hydrogens is 237 g/mol. The summed E-state index contributed by atoms with van der Waals surface area (Å²) in [7, 11) is 2.19. The van der Waals surface area contributed by atoms with Crippen LogP contribution in [0, 0.1) is 5.82 Å². The van der Waals surface area contributed by atoms with Crippen molar-refractivity contribution in [2.24, 2.45) is 0 Å². The van der Waals surface area contributed by atoms with E-state index < -0.39 is 0 Å². The van der Waals surface area contributed by atoms with Crippen molar-refractivity contribution in [3.05, 3.63) is 58.9 Å². The summed E-state index contributed by atoms with van der Waals surface area (Å²) < 4.78 is 13.5. The van der Waals surface area contributed by atoms with Crippen molar-refractivity contribution < 1.29 is 4.39 Å². The Balaban J connectivity index is 2.02. The van der Waals surface area contributed by atoms with E-state index in [0.29, 0.717) is 6.04 Å². The molecule has 0 saturated heterocycles. The Labute approximate surface area is 112 Å². The lowest BCUT2D eigenvalue weighted by molar-refractivity contribution is 0.228. The van der Waals surface area contributed by atoms with E-state index in [2.05, 4.69) is 30.1 Å². The number of rotatable bonds is 0. The van der Waals surface area contributed by atoms with Crippen LogP contribution in [0.4, 0.5) is 4.39 Å². The molecule has 4 rings (SSSR count). The molecule has 0 N–H and O–H groups in total. The molecule has 0 amide bonds. The maximum atomic E-state index is 13.5. The highest BCUT2D eigenvalue weighted by Crippen LogP contribution is 2.44. The molecule has 1 aliphatic carbocycles. The minimum absolute atomic E-state index is 0.140.